The molecule has 1 aromatic heterocycles. The van der Waals surface area contributed by atoms with Gasteiger partial charge in [0.2, 0.25) is 0 Å². The van der Waals surface area contributed by atoms with Crippen molar-refractivity contribution in [3.8, 4) is 0 Å². The van der Waals surface area contributed by atoms with Crippen LogP contribution in [0.5, 0.6) is 0 Å². The predicted octanol–water partition coefficient (Wildman–Crippen LogP) is 3.65. The quantitative estimate of drug-likeness (QED) is 0.528. The van der Waals surface area contributed by atoms with E-state index in [1.165, 1.54) is 29.6 Å². The van der Waals surface area contributed by atoms with Gasteiger partial charge in [0.05, 0.1) is 18.8 Å². The zero-order valence-electron chi connectivity index (χ0n) is 19.3. The molecule has 0 spiro atoms. The van der Waals surface area contributed by atoms with Crippen LogP contribution in [-0.4, -0.2) is 57.0 Å². The molecular formula is C25H28FN3O4S. The number of hydrogen-bond acceptors (Lipinski definition) is 7. The van der Waals surface area contributed by atoms with Crippen LogP contribution in [0.1, 0.15) is 43.5 Å². The third-order valence-corrected chi connectivity index (χ3v) is 7.27. The van der Waals surface area contributed by atoms with Crippen molar-refractivity contribution in [2.24, 2.45) is 5.92 Å². The molecule has 0 amide bonds. The number of rotatable bonds is 8. The Balaban J connectivity index is 1.63. The van der Waals surface area contributed by atoms with Crippen molar-refractivity contribution >= 4 is 34.7 Å². The summed E-state index contributed by atoms with van der Waals surface area (Å²) in [4.78, 5) is 38.7. The second-order valence-electron chi connectivity index (χ2n) is 8.69. The van der Waals surface area contributed by atoms with E-state index in [9.17, 15) is 18.8 Å². The molecule has 1 aromatic carbocycles. The Hall–Kier alpha value is -2.78. The molecule has 2 aromatic rings. The van der Waals surface area contributed by atoms with Crippen molar-refractivity contribution in [3.63, 3.8) is 0 Å². The lowest BCUT2D eigenvalue weighted by Gasteiger charge is -2.38. The Labute approximate surface area is 202 Å². The number of Topliss-reactive ketones (excluding diaryl/α,β-unsaturated/α-hetero) is 1. The molecule has 0 radical (unpaired) electrons. The Bertz CT molecular complexity index is 1110. The van der Waals surface area contributed by atoms with Crippen LogP contribution in [0.4, 0.5) is 4.39 Å². The molecule has 1 aliphatic heterocycles. The number of esters is 1. The van der Waals surface area contributed by atoms with E-state index in [2.05, 4.69) is 9.84 Å². The number of aromatic nitrogens is 2. The molecule has 0 bridgehead atoms. The number of likely N-dealkylation sites (tertiary alicyclic amines) is 1. The lowest BCUT2D eigenvalue weighted by molar-refractivity contribution is -0.141. The number of ether oxygens (including phenoxy) is 1. The standard InChI is InChI=1S/C25H28FN3O4S/c1-16(30)34-22-10-11-28(14-18(22)13-19-9-12-29(27-19)15-23(31)33-2)24(25(32)17-7-8-17)20-5-3-4-6-21(20)26/h3-6,9,12-13,17,22,24H,7-8,10-11,14-15H2,1-2H3/b18-13+. The van der Waals surface area contributed by atoms with Crippen LogP contribution in [0.15, 0.2) is 42.1 Å². The lowest BCUT2D eigenvalue weighted by atomic mass is 9.93. The Kier molecular flexibility index (Phi) is 7.63. The summed E-state index contributed by atoms with van der Waals surface area (Å²) in [5, 5.41) is 4.38. The summed E-state index contributed by atoms with van der Waals surface area (Å²) in [6.45, 7) is 2.55. The van der Waals surface area contributed by atoms with Crippen LogP contribution in [0.3, 0.4) is 0 Å². The first-order valence-electron chi connectivity index (χ1n) is 11.4. The smallest absolute Gasteiger partial charge is 0.327 e. The number of ketones is 1. The van der Waals surface area contributed by atoms with E-state index in [0.717, 1.165) is 18.4 Å². The van der Waals surface area contributed by atoms with Gasteiger partial charge in [-0.1, -0.05) is 30.0 Å². The lowest BCUT2D eigenvalue weighted by Crippen LogP contribution is -2.43. The van der Waals surface area contributed by atoms with E-state index in [1.54, 1.807) is 37.4 Å². The molecule has 7 nitrogen and oxygen atoms in total. The number of thioether (sulfide) groups is 1. The van der Waals surface area contributed by atoms with Crippen molar-refractivity contribution in [3.05, 3.63) is 59.2 Å². The molecule has 0 N–H and O–H groups in total. The summed E-state index contributed by atoms with van der Waals surface area (Å²) in [7, 11) is 1.32. The van der Waals surface area contributed by atoms with Crippen molar-refractivity contribution < 1.29 is 23.5 Å². The van der Waals surface area contributed by atoms with Gasteiger partial charge in [0.1, 0.15) is 12.4 Å². The van der Waals surface area contributed by atoms with E-state index < -0.39 is 12.0 Å². The highest BCUT2D eigenvalue weighted by molar-refractivity contribution is 8.14. The molecule has 2 heterocycles. The Morgan fingerprint density at radius 1 is 1.24 bits per heavy atom. The normalized spacial score (nSPS) is 20.8. The van der Waals surface area contributed by atoms with E-state index in [1.807, 2.05) is 11.0 Å². The minimum Gasteiger partial charge on any atom is -0.468 e. The van der Waals surface area contributed by atoms with Crippen LogP contribution < -0.4 is 0 Å². The fourth-order valence-electron chi connectivity index (χ4n) is 4.32. The average molecular weight is 486 g/mol. The Morgan fingerprint density at radius 3 is 2.68 bits per heavy atom. The van der Waals surface area contributed by atoms with Gasteiger partial charge >= 0.3 is 5.97 Å². The number of halogens is 1. The summed E-state index contributed by atoms with van der Waals surface area (Å²) in [6, 6.07) is 7.60. The van der Waals surface area contributed by atoms with Gasteiger partial charge in [0.25, 0.3) is 0 Å². The minimum absolute atomic E-state index is 0.00265. The molecule has 1 saturated carbocycles. The van der Waals surface area contributed by atoms with Gasteiger partial charge in [-0.05, 0) is 43.0 Å². The molecule has 1 saturated heterocycles. The van der Waals surface area contributed by atoms with E-state index in [4.69, 9.17) is 0 Å². The fraction of sp³-hybridized carbons (Fsp3) is 0.440. The number of hydrogen-bond donors (Lipinski definition) is 0. The highest BCUT2D eigenvalue weighted by atomic mass is 32.2. The molecule has 1 aliphatic carbocycles. The summed E-state index contributed by atoms with van der Waals surface area (Å²) < 4.78 is 21.0. The number of piperidine rings is 1. The van der Waals surface area contributed by atoms with Crippen LogP contribution in [-0.2, 0) is 25.7 Å². The highest BCUT2D eigenvalue weighted by Gasteiger charge is 2.41. The minimum atomic E-state index is -0.655. The van der Waals surface area contributed by atoms with Gasteiger partial charge in [-0.15, -0.1) is 0 Å². The van der Waals surface area contributed by atoms with E-state index in [0.29, 0.717) is 30.8 Å². The molecular weight excluding hydrogens is 457 g/mol. The zero-order valence-corrected chi connectivity index (χ0v) is 20.1. The zero-order chi connectivity index (χ0) is 24.2. The van der Waals surface area contributed by atoms with Crippen LogP contribution >= 0.6 is 11.8 Å². The maximum absolute atomic E-state index is 14.8. The molecule has 2 unspecified atom stereocenters. The van der Waals surface area contributed by atoms with Crippen LogP contribution in [0, 0.1) is 11.7 Å². The monoisotopic (exact) mass is 485 g/mol. The first-order chi connectivity index (χ1) is 16.4. The van der Waals surface area contributed by atoms with Crippen LogP contribution in [0.2, 0.25) is 0 Å². The number of benzene rings is 1. The molecule has 2 atom stereocenters. The van der Waals surface area contributed by atoms with Gasteiger partial charge in [-0.2, -0.15) is 5.10 Å². The van der Waals surface area contributed by atoms with Gasteiger partial charge < -0.3 is 4.74 Å². The molecule has 2 fully saturated rings. The summed E-state index contributed by atoms with van der Waals surface area (Å²) in [5.41, 5.74) is 1.99. The second kappa shape index (κ2) is 10.7. The van der Waals surface area contributed by atoms with Crippen molar-refractivity contribution in [2.45, 2.75) is 44.0 Å². The fourth-order valence-corrected chi connectivity index (χ4v) is 5.24. The van der Waals surface area contributed by atoms with Gasteiger partial charge in [-0.25, -0.2) is 4.39 Å². The maximum Gasteiger partial charge on any atom is 0.327 e. The maximum atomic E-state index is 14.8. The van der Waals surface area contributed by atoms with E-state index in [-0.39, 0.29) is 34.4 Å². The summed E-state index contributed by atoms with van der Waals surface area (Å²) >= 11 is 1.26. The van der Waals surface area contributed by atoms with Crippen molar-refractivity contribution in [2.75, 3.05) is 20.2 Å². The third-order valence-electron chi connectivity index (χ3n) is 6.11. The highest BCUT2D eigenvalue weighted by Crippen LogP contribution is 2.40. The van der Waals surface area contributed by atoms with E-state index >= 15 is 0 Å². The summed E-state index contributed by atoms with van der Waals surface area (Å²) in [5.74, 6) is -0.740. The SMILES string of the molecule is COC(=O)Cn1ccc(/C=C2\CN(C(C(=O)C3CC3)c3ccccc3F)CCC2SC(C)=O)n1. The molecule has 9 heteroatoms. The van der Waals surface area contributed by atoms with Gasteiger partial charge in [-0.3, -0.25) is 24.0 Å². The number of methoxy groups -OCH3 is 1. The first-order valence-corrected chi connectivity index (χ1v) is 12.2. The second-order valence-corrected chi connectivity index (χ2v) is 10.1. The Morgan fingerprint density at radius 2 is 2.00 bits per heavy atom. The molecule has 180 valence electrons. The van der Waals surface area contributed by atoms with Crippen LogP contribution in [0.25, 0.3) is 6.08 Å². The predicted molar refractivity (Wildman–Crippen MR) is 127 cm³/mol. The molecule has 2 aliphatic rings. The average Bonchev–Trinajstić information content (AvgIpc) is 3.57. The topological polar surface area (TPSA) is 81.5 Å². The number of carbonyl (C=O) groups is 3. The molecule has 34 heavy (non-hydrogen) atoms. The number of carbonyl (C=O) groups excluding carboxylic acids is 3. The summed E-state index contributed by atoms with van der Waals surface area (Å²) in [6.07, 6.45) is 5.94. The van der Waals surface area contributed by atoms with Crippen molar-refractivity contribution in [1.82, 2.24) is 14.7 Å². The largest absolute Gasteiger partial charge is 0.468 e. The number of nitrogens with zero attached hydrogens (tertiary/aromatic N) is 3. The third kappa shape index (κ3) is 5.82. The molecule has 4 rings (SSSR count). The van der Waals surface area contributed by atoms with Gasteiger partial charge in [0.15, 0.2) is 10.9 Å². The van der Waals surface area contributed by atoms with Gasteiger partial charge in [0, 0.05) is 42.9 Å². The first kappa shape index (κ1) is 24.3. The van der Waals surface area contributed by atoms with Crippen molar-refractivity contribution in [1.29, 1.82) is 0 Å².